The molecule has 4 aliphatic rings. The van der Waals surface area contributed by atoms with Crippen LogP contribution in [0.2, 0.25) is 0 Å². The van der Waals surface area contributed by atoms with E-state index in [0.29, 0.717) is 5.75 Å². The summed E-state index contributed by atoms with van der Waals surface area (Å²) < 4.78 is 5.31. The van der Waals surface area contributed by atoms with Crippen LogP contribution in [0, 0.1) is 24.7 Å². The van der Waals surface area contributed by atoms with Gasteiger partial charge in [0.2, 0.25) is 0 Å². The van der Waals surface area contributed by atoms with Crippen molar-refractivity contribution in [3.63, 3.8) is 0 Å². The predicted molar refractivity (Wildman–Crippen MR) is 106 cm³/mol. The SMILES string of the molecule is Cc1cc(CSc2ccccc2C(=O)NC23CC4CC(CC(C4)C2)C3)on1. The van der Waals surface area contributed by atoms with Gasteiger partial charge < -0.3 is 9.84 Å². The van der Waals surface area contributed by atoms with E-state index in [1.54, 1.807) is 11.8 Å². The first-order valence-corrected chi connectivity index (χ1v) is 11.0. The van der Waals surface area contributed by atoms with Crippen LogP contribution >= 0.6 is 11.8 Å². The zero-order valence-electron chi connectivity index (χ0n) is 15.7. The third-order valence-corrected chi connectivity index (χ3v) is 7.69. The lowest BCUT2D eigenvalue weighted by molar-refractivity contribution is -0.0167. The van der Waals surface area contributed by atoms with Crippen LogP contribution in [0.5, 0.6) is 0 Å². The molecule has 27 heavy (non-hydrogen) atoms. The number of rotatable bonds is 5. The molecule has 0 saturated heterocycles. The first-order valence-electron chi connectivity index (χ1n) is 10.1. The molecule has 0 unspecified atom stereocenters. The number of benzene rings is 1. The Bertz CT molecular complexity index is 824. The lowest BCUT2D eigenvalue weighted by atomic mass is 9.53. The van der Waals surface area contributed by atoms with Gasteiger partial charge in [-0.05, 0) is 75.3 Å². The van der Waals surface area contributed by atoms with Crippen LogP contribution in [0.3, 0.4) is 0 Å². The van der Waals surface area contributed by atoms with Crippen molar-refractivity contribution in [2.24, 2.45) is 17.8 Å². The summed E-state index contributed by atoms with van der Waals surface area (Å²) in [7, 11) is 0. The van der Waals surface area contributed by atoms with Crippen molar-refractivity contribution in [1.82, 2.24) is 10.5 Å². The average molecular weight is 383 g/mol. The Morgan fingerprint density at radius 2 is 1.85 bits per heavy atom. The summed E-state index contributed by atoms with van der Waals surface area (Å²) in [6.07, 6.45) is 7.70. The fourth-order valence-electron chi connectivity index (χ4n) is 5.99. The molecular formula is C22H26N2O2S. The van der Waals surface area contributed by atoms with Crippen molar-refractivity contribution in [3.8, 4) is 0 Å². The molecule has 4 saturated carbocycles. The number of carbonyl (C=O) groups excluding carboxylic acids is 1. The maximum Gasteiger partial charge on any atom is 0.252 e. The molecule has 1 amide bonds. The summed E-state index contributed by atoms with van der Waals surface area (Å²) in [5.41, 5.74) is 1.72. The summed E-state index contributed by atoms with van der Waals surface area (Å²) in [6.45, 7) is 1.92. The topological polar surface area (TPSA) is 55.1 Å². The summed E-state index contributed by atoms with van der Waals surface area (Å²) in [4.78, 5) is 14.2. The molecule has 142 valence electrons. The van der Waals surface area contributed by atoms with Gasteiger partial charge in [-0.15, -0.1) is 11.8 Å². The lowest BCUT2D eigenvalue weighted by Gasteiger charge is -2.56. The van der Waals surface area contributed by atoms with Gasteiger partial charge in [0.1, 0.15) is 5.76 Å². The summed E-state index contributed by atoms with van der Waals surface area (Å²) in [5.74, 6) is 4.10. The van der Waals surface area contributed by atoms with E-state index >= 15 is 0 Å². The van der Waals surface area contributed by atoms with Crippen LogP contribution in [0.15, 0.2) is 39.8 Å². The number of nitrogens with zero attached hydrogens (tertiary/aromatic N) is 1. The lowest BCUT2D eigenvalue weighted by Crippen LogP contribution is -2.59. The molecule has 0 atom stereocenters. The molecule has 4 fully saturated rings. The standard InChI is InChI=1S/C22H26N2O2S/c1-14-6-18(26-24-14)13-27-20-5-3-2-4-19(20)21(25)23-22-10-15-7-16(11-22)9-17(8-15)12-22/h2-6,15-17H,7-13H2,1H3,(H,23,25). The highest BCUT2D eigenvalue weighted by Gasteiger charge is 2.51. The minimum absolute atomic E-state index is 0.0473. The van der Waals surface area contributed by atoms with Gasteiger partial charge in [-0.1, -0.05) is 17.3 Å². The van der Waals surface area contributed by atoms with Crippen LogP contribution < -0.4 is 5.32 Å². The van der Waals surface area contributed by atoms with Gasteiger partial charge in [0, 0.05) is 16.5 Å². The van der Waals surface area contributed by atoms with E-state index in [4.69, 9.17) is 4.52 Å². The van der Waals surface area contributed by atoms with Crippen LogP contribution in [-0.4, -0.2) is 16.6 Å². The highest BCUT2D eigenvalue weighted by molar-refractivity contribution is 7.98. The number of carbonyl (C=O) groups is 1. The first-order chi connectivity index (χ1) is 13.1. The fourth-order valence-corrected chi connectivity index (χ4v) is 6.91. The molecule has 1 heterocycles. The van der Waals surface area contributed by atoms with Gasteiger partial charge in [0.15, 0.2) is 0 Å². The Balaban J connectivity index is 1.32. The van der Waals surface area contributed by atoms with E-state index in [2.05, 4.69) is 10.5 Å². The largest absolute Gasteiger partial charge is 0.360 e. The van der Waals surface area contributed by atoms with E-state index in [9.17, 15) is 4.79 Å². The summed E-state index contributed by atoms with van der Waals surface area (Å²) in [5, 5.41) is 7.44. The molecular weight excluding hydrogens is 356 g/mol. The minimum Gasteiger partial charge on any atom is -0.360 e. The Morgan fingerprint density at radius 1 is 1.19 bits per heavy atom. The number of amides is 1. The quantitative estimate of drug-likeness (QED) is 0.742. The second-order valence-corrected chi connectivity index (χ2v) is 9.89. The molecule has 4 bridgehead atoms. The molecule has 6 rings (SSSR count). The third kappa shape index (κ3) is 3.42. The van der Waals surface area contributed by atoms with Crippen molar-refractivity contribution >= 4 is 17.7 Å². The molecule has 5 heteroatoms. The smallest absolute Gasteiger partial charge is 0.252 e. The van der Waals surface area contributed by atoms with Crippen molar-refractivity contribution in [3.05, 3.63) is 47.3 Å². The van der Waals surface area contributed by atoms with Gasteiger partial charge in [-0.3, -0.25) is 4.79 Å². The van der Waals surface area contributed by atoms with Gasteiger partial charge in [0.25, 0.3) is 5.91 Å². The number of nitrogens with one attached hydrogen (secondary N) is 1. The second-order valence-electron chi connectivity index (χ2n) is 8.87. The third-order valence-electron chi connectivity index (χ3n) is 6.60. The van der Waals surface area contributed by atoms with Gasteiger partial charge >= 0.3 is 0 Å². The van der Waals surface area contributed by atoms with Crippen molar-refractivity contribution < 1.29 is 9.32 Å². The highest BCUT2D eigenvalue weighted by atomic mass is 32.2. The van der Waals surface area contributed by atoms with Crippen LogP contribution in [-0.2, 0) is 5.75 Å². The summed E-state index contributed by atoms with van der Waals surface area (Å²) in [6, 6.07) is 9.88. The normalized spacial score (nSPS) is 31.2. The number of thioether (sulfide) groups is 1. The Morgan fingerprint density at radius 3 is 2.48 bits per heavy atom. The molecule has 2 aromatic rings. The molecule has 4 nitrogen and oxygen atoms in total. The minimum atomic E-state index is 0.0473. The average Bonchev–Trinajstić information content (AvgIpc) is 3.04. The Kier molecular flexibility index (Phi) is 4.30. The van der Waals surface area contributed by atoms with Crippen molar-refractivity contribution in [2.75, 3.05) is 0 Å². The van der Waals surface area contributed by atoms with Crippen molar-refractivity contribution in [2.45, 2.75) is 61.6 Å². The fraction of sp³-hybridized carbons (Fsp3) is 0.545. The van der Waals surface area contributed by atoms with Crippen molar-refractivity contribution in [1.29, 1.82) is 0 Å². The van der Waals surface area contributed by atoms with Gasteiger partial charge in [0.05, 0.1) is 17.0 Å². The molecule has 4 aliphatic carbocycles. The molecule has 1 N–H and O–H groups in total. The van der Waals surface area contributed by atoms with E-state index in [0.717, 1.165) is 39.7 Å². The van der Waals surface area contributed by atoms with Gasteiger partial charge in [-0.25, -0.2) is 0 Å². The van der Waals surface area contributed by atoms with E-state index < -0.39 is 0 Å². The Labute approximate surface area is 164 Å². The van der Waals surface area contributed by atoms with Crippen LogP contribution in [0.4, 0.5) is 0 Å². The first kappa shape index (κ1) is 17.4. The maximum atomic E-state index is 13.2. The highest BCUT2D eigenvalue weighted by Crippen LogP contribution is 2.55. The number of hydrogen-bond acceptors (Lipinski definition) is 4. The predicted octanol–water partition coefficient (Wildman–Crippen LogP) is 4.97. The Hall–Kier alpha value is -1.75. The van der Waals surface area contributed by atoms with E-state index in [1.165, 1.54) is 38.5 Å². The molecule has 0 aliphatic heterocycles. The van der Waals surface area contributed by atoms with Crippen LogP contribution in [0.1, 0.15) is 60.3 Å². The zero-order valence-corrected chi connectivity index (χ0v) is 16.6. The summed E-state index contributed by atoms with van der Waals surface area (Å²) >= 11 is 1.64. The number of hydrogen-bond donors (Lipinski definition) is 1. The van der Waals surface area contributed by atoms with Gasteiger partial charge in [-0.2, -0.15) is 0 Å². The van der Waals surface area contributed by atoms with Crippen LogP contribution in [0.25, 0.3) is 0 Å². The molecule has 0 spiro atoms. The zero-order chi connectivity index (χ0) is 18.4. The monoisotopic (exact) mass is 382 g/mol. The molecule has 1 aromatic heterocycles. The molecule has 0 radical (unpaired) electrons. The number of aromatic nitrogens is 1. The molecule has 1 aromatic carbocycles. The maximum absolute atomic E-state index is 13.2. The number of aryl methyl sites for hydroxylation is 1. The van der Waals surface area contributed by atoms with E-state index in [-0.39, 0.29) is 11.4 Å². The second kappa shape index (κ2) is 6.69. The van der Waals surface area contributed by atoms with E-state index in [1.807, 2.05) is 37.3 Å².